The lowest BCUT2D eigenvalue weighted by Crippen LogP contribution is -2.21. The van der Waals surface area contributed by atoms with Crippen molar-refractivity contribution in [2.75, 3.05) is 13.1 Å². The van der Waals surface area contributed by atoms with Gasteiger partial charge in [0.1, 0.15) is 0 Å². The molecule has 0 saturated carbocycles. The lowest BCUT2D eigenvalue weighted by molar-refractivity contribution is 0.737. The van der Waals surface area contributed by atoms with Crippen molar-refractivity contribution >= 4 is 16.5 Å². The summed E-state index contributed by atoms with van der Waals surface area (Å²) in [6.07, 6.45) is 3.37. The van der Waals surface area contributed by atoms with E-state index in [1.165, 1.54) is 11.0 Å². The minimum Gasteiger partial charge on any atom is -0.312 e. The van der Waals surface area contributed by atoms with Gasteiger partial charge in [-0.2, -0.15) is 5.10 Å². The van der Waals surface area contributed by atoms with Gasteiger partial charge in [-0.15, -0.1) is 0 Å². The first-order valence-corrected chi connectivity index (χ1v) is 5.28. The van der Waals surface area contributed by atoms with Crippen LogP contribution in [0.25, 0.3) is 16.5 Å². The largest absolute Gasteiger partial charge is 0.312 e. The number of para-hydroxylation sites is 1. The summed E-state index contributed by atoms with van der Waals surface area (Å²) in [5.41, 5.74) is 3.51. The van der Waals surface area contributed by atoms with E-state index in [0.29, 0.717) is 0 Å². The van der Waals surface area contributed by atoms with E-state index in [4.69, 9.17) is 0 Å². The molecule has 1 aliphatic heterocycles. The molecule has 1 aromatic heterocycles. The molecule has 3 heteroatoms. The molecule has 0 spiro atoms. The van der Waals surface area contributed by atoms with Crippen LogP contribution in [0.4, 0.5) is 0 Å². The molecule has 2 heterocycles. The maximum atomic E-state index is 4.39. The molecule has 0 atom stereocenters. The fraction of sp³-hybridized carbons (Fsp3) is 0.250. The molecule has 2 N–H and O–H groups in total. The molecule has 76 valence electrons. The second kappa shape index (κ2) is 3.51. The summed E-state index contributed by atoms with van der Waals surface area (Å²) in [7, 11) is 0. The zero-order valence-electron chi connectivity index (χ0n) is 8.46. The number of hydrogen-bond acceptors (Lipinski definition) is 2. The third kappa shape index (κ3) is 1.45. The van der Waals surface area contributed by atoms with Crippen LogP contribution < -0.4 is 5.32 Å². The zero-order chi connectivity index (χ0) is 10.1. The maximum Gasteiger partial charge on any atom is 0.0968 e. The Kier molecular flexibility index (Phi) is 2.03. The van der Waals surface area contributed by atoms with Crippen molar-refractivity contribution in [3.05, 3.63) is 36.0 Å². The molecule has 3 nitrogen and oxygen atoms in total. The van der Waals surface area contributed by atoms with Crippen molar-refractivity contribution in [3.8, 4) is 0 Å². The summed E-state index contributed by atoms with van der Waals surface area (Å²) >= 11 is 0. The van der Waals surface area contributed by atoms with Crippen LogP contribution in [0.15, 0.2) is 30.3 Å². The summed E-state index contributed by atoms with van der Waals surface area (Å²) in [4.78, 5) is 0. The van der Waals surface area contributed by atoms with Crippen LogP contribution >= 0.6 is 0 Å². The molecule has 0 radical (unpaired) electrons. The van der Waals surface area contributed by atoms with Gasteiger partial charge in [0.25, 0.3) is 0 Å². The van der Waals surface area contributed by atoms with Crippen LogP contribution in [0.1, 0.15) is 12.1 Å². The average molecular weight is 199 g/mol. The molecule has 0 unspecified atom stereocenters. The highest BCUT2D eigenvalue weighted by Gasteiger charge is 2.11. The van der Waals surface area contributed by atoms with Gasteiger partial charge in [0.2, 0.25) is 0 Å². The Balaban J connectivity index is 2.14. The Morgan fingerprint density at radius 1 is 1.20 bits per heavy atom. The molecule has 0 saturated heterocycles. The minimum atomic E-state index is 0.925. The summed E-state index contributed by atoms with van der Waals surface area (Å²) in [6.45, 7) is 2.00. The first kappa shape index (κ1) is 8.68. The number of rotatable bonds is 1. The van der Waals surface area contributed by atoms with Crippen LogP contribution in [0.3, 0.4) is 0 Å². The van der Waals surface area contributed by atoms with E-state index in [1.54, 1.807) is 0 Å². The third-order valence-corrected chi connectivity index (χ3v) is 2.80. The Hall–Kier alpha value is -1.61. The monoisotopic (exact) mass is 199 g/mol. The second-order valence-electron chi connectivity index (χ2n) is 3.81. The Bertz CT molecular complexity index is 510. The van der Waals surface area contributed by atoms with Crippen LogP contribution in [-0.4, -0.2) is 23.3 Å². The van der Waals surface area contributed by atoms with E-state index < -0.39 is 0 Å². The molecule has 0 aliphatic carbocycles. The topological polar surface area (TPSA) is 40.7 Å². The highest BCUT2D eigenvalue weighted by Crippen LogP contribution is 2.23. The Labute approximate surface area is 88.2 Å². The van der Waals surface area contributed by atoms with Gasteiger partial charge in [-0.05, 0) is 24.6 Å². The maximum absolute atomic E-state index is 4.39. The van der Waals surface area contributed by atoms with Gasteiger partial charge in [0.15, 0.2) is 0 Å². The highest BCUT2D eigenvalue weighted by molar-refractivity contribution is 5.90. The number of aromatic amines is 1. The lowest BCUT2D eigenvalue weighted by atomic mass is 10.0. The van der Waals surface area contributed by atoms with E-state index in [1.807, 2.05) is 6.07 Å². The second-order valence-corrected chi connectivity index (χ2v) is 3.81. The Morgan fingerprint density at radius 2 is 2.13 bits per heavy atom. The van der Waals surface area contributed by atoms with Gasteiger partial charge >= 0.3 is 0 Å². The van der Waals surface area contributed by atoms with Crippen molar-refractivity contribution < 1.29 is 0 Å². The number of fused-ring (bicyclic) bond motifs is 1. The van der Waals surface area contributed by atoms with Gasteiger partial charge in [-0.25, -0.2) is 0 Å². The third-order valence-electron chi connectivity index (χ3n) is 2.80. The predicted octanol–water partition coefficient (Wildman–Crippen LogP) is 1.94. The smallest absolute Gasteiger partial charge is 0.0968 e. The van der Waals surface area contributed by atoms with Crippen molar-refractivity contribution in [1.82, 2.24) is 15.5 Å². The number of hydrogen-bond donors (Lipinski definition) is 2. The first-order chi connectivity index (χ1) is 7.45. The average Bonchev–Trinajstić information content (AvgIpc) is 2.74. The molecule has 0 amide bonds. The summed E-state index contributed by atoms with van der Waals surface area (Å²) < 4.78 is 0. The van der Waals surface area contributed by atoms with Gasteiger partial charge < -0.3 is 5.32 Å². The fourth-order valence-electron chi connectivity index (χ4n) is 2.03. The molecule has 0 bridgehead atoms. The molecule has 0 fully saturated rings. The van der Waals surface area contributed by atoms with Gasteiger partial charge in [0, 0.05) is 11.9 Å². The van der Waals surface area contributed by atoms with Gasteiger partial charge in [0.05, 0.1) is 11.2 Å². The molecular formula is C12H13N3. The van der Waals surface area contributed by atoms with Crippen molar-refractivity contribution in [2.45, 2.75) is 6.42 Å². The van der Waals surface area contributed by atoms with Crippen LogP contribution in [0, 0.1) is 0 Å². The van der Waals surface area contributed by atoms with E-state index in [9.17, 15) is 0 Å². The number of benzene rings is 1. The van der Waals surface area contributed by atoms with E-state index in [0.717, 1.165) is 30.7 Å². The molecule has 3 rings (SSSR count). The number of H-pyrrole nitrogens is 1. The van der Waals surface area contributed by atoms with Crippen LogP contribution in [0.5, 0.6) is 0 Å². The van der Waals surface area contributed by atoms with Crippen molar-refractivity contribution in [1.29, 1.82) is 0 Å². The van der Waals surface area contributed by atoms with E-state index >= 15 is 0 Å². The number of aromatic nitrogens is 2. The zero-order valence-corrected chi connectivity index (χ0v) is 8.46. The summed E-state index contributed by atoms with van der Waals surface area (Å²) in [5.74, 6) is 0. The van der Waals surface area contributed by atoms with Crippen LogP contribution in [-0.2, 0) is 0 Å². The van der Waals surface area contributed by atoms with Crippen molar-refractivity contribution in [3.63, 3.8) is 0 Å². The summed E-state index contributed by atoms with van der Waals surface area (Å²) in [6, 6.07) is 8.25. The normalized spacial score (nSPS) is 16.7. The minimum absolute atomic E-state index is 0.925. The predicted molar refractivity (Wildman–Crippen MR) is 61.6 cm³/mol. The van der Waals surface area contributed by atoms with Gasteiger partial charge in [-0.3, -0.25) is 5.10 Å². The van der Waals surface area contributed by atoms with Gasteiger partial charge in [-0.1, -0.05) is 24.3 Å². The quantitative estimate of drug-likeness (QED) is 0.737. The molecule has 1 aliphatic rings. The first-order valence-electron chi connectivity index (χ1n) is 5.28. The highest BCUT2D eigenvalue weighted by atomic mass is 15.1. The molecule has 15 heavy (non-hydrogen) atoms. The van der Waals surface area contributed by atoms with E-state index in [2.05, 4.69) is 39.8 Å². The van der Waals surface area contributed by atoms with Crippen LogP contribution in [0.2, 0.25) is 0 Å². The SMILES string of the molecule is C1=C(c2n[nH]c3ccccc23)CNCC1. The standard InChI is InChI=1S/C12H13N3/c1-2-6-11-10(5-1)12(15-14-11)9-4-3-7-13-8-9/h1-2,4-6,13H,3,7-8H2,(H,14,15). The lowest BCUT2D eigenvalue weighted by Gasteiger charge is -2.12. The molecule has 1 aromatic carbocycles. The number of nitrogens with one attached hydrogen (secondary N) is 2. The molecular weight excluding hydrogens is 186 g/mol. The van der Waals surface area contributed by atoms with Crippen molar-refractivity contribution in [2.24, 2.45) is 0 Å². The number of nitrogens with zero attached hydrogens (tertiary/aromatic N) is 1. The summed E-state index contributed by atoms with van der Waals surface area (Å²) in [5, 5.41) is 12.0. The fourth-order valence-corrected chi connectivity index (χ4v) is 2.03. The Morgan fingerprint density at radius 3 is 3.00 bits per heavy atom. The van der Waals surface area contributed by atoms with E-state index in [-0.39, 0.29) is 0 Å². The molecule has 2 aromatic rings.